The number of nitrogens with zero attached hydrogens (tertiary/aromatic N) is 2. The summed E-state index contributed by atoms with van der Waals surface area (Å²) < 4.78 is 36.6. The molecule has 0 atom stereocenters. The Hall–Kier alpha value is -1.92. The number of hydrogen-bond acceptors (Lipinski definition) is 5. The third-order valence-corrected chi connectivity index (χ3v) is 3.05. The van der Waals surface area contributed by atoms with Crippen molar-refractivity contribution in [1.29, 1.82) is 10.7 Å². The second-order valence-corrected chi connectivity index (χ2v) is 4.80. The van der Waals surface area contributed by atoms with Crippen molar-refractivity contribution in [3.63, 3.8) is 0 Å². The fraction of sp³-hybridized carbons (Fsp3) is 0.100. The van der Waals surface area contributed by atoms with Crippen molar-refractivity contribution in [3.05, 3.63) is 23.2 Å². The van der Waals surface area contributed by atoms with E-state index in [1.54, 1.807) is 6.07 Å². The molecule has 0 bridgehead atoms. The maximum absolute atomic E-state index is 12.2. The van der Waals surface area contributed by atoms with Gasteiger partial charge in [0.05, 0.1) is 10.7 Å². The molecule has 5 nitrogen and oxygen atoms in total. The highest BCUT2D eigenvalue weighted by molar-refractivity contribution is 8.00. The van der Waals surface area contributed by atoms with E-state index in [0.29, 0.717) is 0 Å². The van der Waals surface area contributed by atoms with Crippen molar-refractivity contribution in [2.75, 3.05) is 5.43 Å². The van der Waals surface area contributed by atoms with E-state index in [2.05, 4.69) is 10.5 Å². The molecular formula is C10H7ClF3N5S. The van der Waals surface area contributed by atoms with Crippen molar-refractivity contribution in [2.24, 2.45) is 10.8 Å². The topological polar surface area (TPSA) is 98.0 Å². The minimum atomic E-state index is -4.43. The van der Waals surface area contributed by atoms with Crippen LogP contribution in [0.25, 0.3) is 0 Å². The summed E-state index contributed by atoms with van der Waals surface area (Å²) >= 11 is 5.37. The summed E-state index contributed by atoms with van der Waals surface area (Å²) in [5.74, 6) is -0.532. The van der Waals surface area contributed by atoms with Gasteiger partial charge in [-0.3, -0.25) is 10.8 Å². The molecule has 0 radical (unpaired) electrons. The Morgan fingerprint density at radius 2 is 2.15 bits per heavy atom. The molecule has 0 saturated carbocycles. The Balaban J connectivity index is 2.89. The van der Waals surface area contributed by atoms with Gasteiger partial charge in [0.2, 0.25) is 5.71 Å². The maximum Gasteiger partial charge on any atom is 0.446 e. The van der Waals surface area contributed by atoms with Gasteiger partial charge in [0.15, 0.2) is 5.84 Å². The molecule has 0 aliphatic carbocycles. The van der Waals surface area contributed by atoms with E-state index >= 15 is 0 Å². The molecule has 10 heteroatoms. The van der Waals surface area contributed by atoms with Gasteiger partial charge in [0.1, 0.15) is 6.07 Å². The molecule has 0 spiro atoms. The first-order chi connectivity index (χ1) is 9.23. The number of benzene rings is 1. The fourth-order valence-corrected chi connectivity index (χ4v) is 1.88. The third kappa shape index (κ3) is 4.99. The van der Waals surface area contributed by atoms with E-state index < -0.39 is 11.3 Å². The lowest BCUT2D eigenvalue weighted by Crippen LogP contribution is -2.21. The van der Waals surface area contributed by atoms with E-state index in [1.165, 1.54) is 12.1 Å². The molecule has 1 rings (SSSR count). The summed E-state index contributed by atoms with van der Waals surface area (Å²) in [6.45, 7) is 0. The Morgan fingerprint density at radius 1 is 1.50 bits per heavy atom. The van der Waals surface area contributed by atoms with Crippen LogP contribution in [0.4, 0.5) is 18.9 Å². The van der Waals surface area contributed by atoms with Gasteiger partial charge in [-0.1, -0.05) is 11.6 Å². The number of anilines is 1. The number of alkyl halides is 3. The van der Waals surface area contributed by atoms with Crippen LogP contribution in [0.1, 0.15) is 0 Å². The average molecular weight is 322 g/mol. The number of halogens is 4. The van der Waals surface area contributed by atoms with Crippen molar-refractivity contribution in [2.45, 2.75) is 10.4 Å². The minimum absolute atomic E-state index is 0.117. The van der Waals surface area contributed by atoms with E-state index in [-0.39, 0.29) is 33.1 Å². The number of thioether (sulfide) groups is 1. The minimum Gasteiger partial charge on any atom is -0.382 e. The molecule has 0 unspecified atom stereocenters. The van der Waals surface area contributed by atoms with Gasteiger partial charge >= 0.3 is 5.51 Å². The maximum atomic E-state index is 12.2. The molecule has 0 aromatic heterocycles. The number of hydrazone groups is 1. The number of hydrogen-bond donors (Lipinski definition) is 3. The van der Waals surface area contributed by atoms with Crippen LogP contribution in [0.2, 0.25) is 5.02 Å². The fourth-order valence-electron chi connectivity index (χ4n) is 1.04. The standard InChI is InChI=1S/C10H7ClF3N5S/c11-6-3-5(18-19-7(4-15)9(16)17)1-2-8(6)20-10(12,13)14/h1-3,18H,(H3,16,17)/b19-7+. The largest absolute Gasteiger partial charge is 0.446 e. The lowest BCUT2D eigenvalue weighted by molar-refractivity contribution is -0.0328. The van der Waals surface area contributed by atoms with Gasteiger partial charge in [-0.25, -0.2) is 0 Å². The number of nitrogens with two attached hydrogens (primary N) is 1. The Labute approximate surface area is 121 Å². The van der Waals surface area contributed by atoms with E-state index in [0.717, 1.165) is 6.07 Å². The summed E-state index contributed by atoms with van der Waals surface area (Å²) in [4.78, 5) is -0.152. The molecule has 0 amide bonds. The van der Waals surface area contributed by atoms with Crippen LogP contribution in [-0.4, -0.2) is 17.1 Å². The van der Waals surface area contributed by atoms with Crippen LogP contribution >= 0.6 is 23.4 Å². The van der Waals surface area contributed by atoms with Crippen molar-refractivity contribution < 1.29 is 13.2 Å². The van der Waals surface area contributed by atoms with Crippen molar-refractivity contribution in [1.82, 2.24) is 0 Å². The molecule has 1 aromatic rings. The molecule has 0 saturated heterocycles. The lowest BCUT2D eigenvalue weighted by atomic mass is 10.3. The second-order valence-electron chi connectivity index (χ2n) is 3.29. The number of amidine groups is 1. The lowest BCUT2D eigenvalue weighted by Gasteiger charge is -2.08. The van der Waals surface area contributed by atoms with Gasteiger partial charge < -0.3 is 5.73 Å². The quantitative estimate of drug-likeness (QED) is 0.343. The van der Waals surface area contributed by atoms with E-state index in [9.17, 15) is 13.2 Å². The zero-order valence-electron chi connectivity index (χ0n) is 9.62. The van der Waals surface area contributed by atoms with Crippen LogP contribution in [0.3, 0.4) is 0 Å². The predicted octanol–water partition coefficient (Wildman–Crippen LogP) is 3.18. The average Bonchev–Trinajstić information content (AvgIpc) is 2.31. The first-order valence-electron chi connectivity index (χ1n) is 4.86. The molecule has 0 heterocycles. The number of nitrogens with one attached hydrogen (secondary N) is 2. The molecule has 0 aliphatic rings. The highest BCUT2D eigenvalue weighted by atomic mass is 35.5. The third-order valence-electron chi connectivity index (χ3n) is 1.82. The van der Waals surface area contributed by atoms with Gasteiger partial charge in [-0.05, 0) is 30.0 Å². The Kier molecular flexibility index (Phi) is 5.24. The molecule has 106 valence electrons. The monoisotopic (exact) mass is 321 g/mol. The summed E-state index contributed by atoms with van der Waals surface area (Å²) in [5, 5.41) is 19.0. The molecular weight excluding hydrogens is 315 g/mol. The molecule has 1 aromatic carbocycles. The summed E-state index contributed by atoms with van der Waals surface area (Å²) in [7, 11) is 0. The molecule has 0 aliphatic heterocycles. The molecule has 0 fully saturated rings. The highest BCUT2D eigenvalue weighted by Gasteiger charge is 2.30. The van der Waals surface area contributed by atoms with Crippen molar-refractivity contribution >= 4 is 40.6 Å². The van der Waals surface area contributed by atoms with Crippen LogP contribution in [0, 0.1) is 16.7 Å². The summed E-state index contributed by atoms with van der Waals surface area (Å²) in [6.07, 6.45) is 0. The van der Waals surface area contributed by atoms with Crippen LogP contribution in [0.5, 0.6) is 0 Å². The van der Waals surface area contributed by atoms with Gasteiger partial charge in [0, 0.05) is 4.90 Å². The van der Waals surface area contributed by atoms with Crippen LogP contribution in [-0.2, 0) is 0 Å². The van der Waals surface area contributed by atoms with E-state index in [1.807, 2.05) is 0 Å². The SMILES string of the molecule is N#C/C(=N\Nc1ccc(SC(F)(F)F)c(Cl)c1)C(=N)N. The Bertz CT molecular complexity index is 594. The normalized spacial score (nSPS) is 11.8. The van der Waals surface area contributed by atoms with Crippen LogP contribution in [0.15, 0.2) is 28.2 Å². The predicted molar refractivity (Wildman–Crippen MR) is 71.9 cm³/mol. The zero-order chi connectivity index (χ0) is 15.3. The van der Waals surface area contributed by atoms with Gasteiger partial charge in [0.25, 0.3) is 0 Å². The summed E-state index contributed by atoms with van der Waals surface area (Å²) in [6, 6.07) is 5.27. The van der Waals surface area contributed by atoms with E-state index in [4.69, 9.17) is 28.0 Å². The van der Waals surface area contributed by atoms with Crippen LogP contribution < -0.4 is 11.2 Å². The van der Waals surface area contributed by atoms with Gasteiger partial charge in [-0.15, -0.1) is 0 Å². The second kappa shape index (κ2) is 6.49. The highest BCUT2D eigenvalue weighted by Crippen LogP contribution is 2.40. The van der Waals surface area contributed by atoms with Crippen molar-refractivity contribution in [3.8, 4) is 6.07 Å². The van der Waals surface area contributed by atoms with Gasteiger partial charge in [-0.2, -0.15) is 23.5 Å². The number of nitriles is 1. The first kappa shape index (κ1) is 16.1. The summed E-state index contributed by atoms with van der Waals surface area (Å²) in [5.41, 5.74) is 2.92. The first-order valence-corrected chi connectivity index (χ1v) is 6.06. The Morgan fingerprint density at radius 3 is 2.60 bits per heavy atom. The zero-order valence-corrected chi connectivity index (χ0v) is 11.2. The molecule has 4 N–H and O–H groups in total. The molecule has 20 heavy (non-hydrogen) atoms. The number of rotatable bonds is 4. The smallest absolute Gasteiger partial charge is 0.382 e.